The number of benzene rings is 1. The van der Waals surface area contributed by atoms with Gasteiger partial charge in [0.2, 0.25) is 12.0 Å². The van der Waals surface area contributed by atoms with Crippen molar-refractivity contribution in [1.29, 1.82) is 0 Å². The monoisotopic (exact) mass is 256 g/mol. The molecule has 98 valence electrons. The lowest BCUT2D eigenvalue weighted by atomic mass is 10.1. The molecule has 1 atom stereocenters. The van der Waals surface area contributed by atoms with Crippen LogP contribution in [-0.2, 0) is 9.47 Å². The molecule has 19 heavy (non-hydrogen) atoms. The van der Waals surface area contributed by atoms with Gasteiger partial charge in [-0.1, -0.05) is 30.3 Å². The topological polar surface area (TPSA) is 22.3 Å². The van der Waals surface area contributed by atoms with Crippen LogP contribution in [0.2, 0.25) is 0 Å². The van der Waals surface area contributed by atoms with Gasteiger partial charge in [-0.05, 0) is 6.07 Å². The van der Waals surface area contributed by atoms with Gasteiger partial charge in [-0.15, -0.1) is 0 Å². The van der Waals surface area contributed by atoms with Gasteiger partial charge in [-0.3, -0.25) is 0 Å². The van der Waals surface area contributed by atoms with Gasteiger partial charge in [0.25, 0.3) is 0 Å². The molecule has 1 aromatic carbocycles. The summed E-state index contributed by atoms with van der Waals surface area (Å²) in [4.78, 5) is 0. The summed E-state index contributed by atoms with van der Waals surface area (Å²) in [6.07, 6.45) is 1.84. The summed E-state index contributed by atoms with van der Waals surface area (Å²) < 4.78 is 13.5. The number of aromatic nitrogens is 1. The first kappa shape index (κ1) is 12.3. The second kappa shape index (κ2) is 5.51. The van der Waals surface area contributed by atoms with Crippen molar-refractivity contribution in [3.63, 3.8) is 0 Å². The van der Waals surface area contributed by atoms with E-state index in [9.17, 15) is 0 Å². The Morgan fingerprint density at radius 2 is 1.68 bits per heavy atom. The van der Waals surface area contributed by atoms with Crippen LogP contribution in [-0.4, -0.2) is 13.2 Å². The summed E-state index contributed by atoms with van der Waals surface area (Å²) in [5.74, 6) is 0. The fraction of sp³-hybridized carbons (Fsp3) is 0.312. The molecule has 2 heterocycles. The van der Waals surface area contributed by atoms with Gasteiger partial charge in [-0.2, -0.15) is 4.57 Å². The van der Waals surface area contributed by atoms with Crippen molar-refractivity contribution in [2.24, 2.45) is 0 Å². The number of pyridine rings is 1. The number of hydrogen-bond donors (Lipinski definition) is 0. The van der Waals surface area contributed by atoms with E-state index in [1.54, 1.807) is 0 Å². The second-order valence-electron chi connectivity index (χ2n) is 4.69. The molecule has 1 fully saturated rings. The van der Waals surface area contributed by atoms with Crippen LogP contribution in [0, 0.1) is 0 Å². The first-order valence-electron chi connectivity index (χ1n) is 6.64. The molecule has 0 N–H and O–H groups in total. The Labute approximate surface area is 113 Å². The molecule has 0 bridgehead atoms. The van der Waals surface area contributed by atoms with Crippen LogP contribution in [0.25, 0.3) is 0 Å². The van der Waals surface area contributed by atoms with Crippen molar-refractivity contribution >= 4 is 0 Å². The van der Waals surface area contributed by atoms with E-state index in [1.807, 2.05) is 18.2 Å². The molecule has 1 aliphatic heterocycles. The molecule has 3 nitrogen and oxygen atoms in total. The van der Waals surface area contributed by atoms with E-state index in [0.717, 1.165) is 5.69 Å². The summed E-state index contributed by atoms with van der Waals surface area (Å²) in [7, 11) is 0. The van der Waals surface area contributed by atoms with Crippen molar-refractivity contribution < 1.29 is 14.0 Å². The zero-order valence-corrected chi connectivity index (χ0v) is 11.0. The zero-order valence-electron chi connectivity index (χ0n) is 11.0. The Balaban J connectivity index is 1.96. The Morgan fingerprint density at radius 3 is 2.42 bits per heavy atom. The molecule has 0 radical (unpaired) electrons. The molecule has 0 saturated carbocycles. The summed E-state index contributed by atoms with van der Waals surface area (Å²) in [5, 5.41) is 0. The first-order chi connectivity index (χ1) is 9.36. The smallest absolute Gasteiger partial charge is 0.245 e. The predicted octanol–water partition coefficient (Wildman–Crippen LogP) is 2.63. The van der Waals surface area contributed by atoms with E-state index in [-0.39, 0.29) is 12.3 Å². The van der Waals surface area contributed by atoms with Gasteiger partial charge >= 0.3 is 0 Å². The van der Waals surface area contributed by atoms with E-state index in [0.29, 0.717) is 13.2 Å². The van der Waals surface area contributed by atoms with E-state index in [4.69, 9.17) is 9.47 Å². The van der Waals surface area contributed by atoms with Gasteiger partial charge in [0.15, 0.2) is 12.2 Å². The van der Waals surface area contributed by atoms with Crippen LogP contribution in [0.3, 0.4) is 0 Å². The molecular weight excluding hydrogens is 238 g/mol. The average Bonchev–Trinajstić information content (AvgIpc) is 3.01. The molecule has 0 amide bonds. The highest BCUT2D eigenvalue weighted by Crippen LogP contribution is 2.22. The molecule has 1 unspecified atom stereocenters. The van der Waals surface area contributed by atoms with Crippen LogP contribution < -0.4 is 4.57 Å². The largest absolute Gasteiger partial charge is 0.341 e. The third kappa shape index (κ3) is 2.53. The lowest BCUT2D eigenvalue weighted by Gasteiger charge is -2.14. The predicted molar refractivity (Wildman–Crippen MR) is 71.5 cm³/mol. The lowest BCUT2D eigenvalue weighted by molar-refractivity contribution is -0.723. The zero-order chi connectivity index (χ0) is 13.1. The maximum Gasteiger partial charge on any atom is 0.245 e. The van der Waals surface area contributed by atoms with Crippen LogP contribution in [0.5, 0.6) is 0 Å². The van der Waals surface area contributed by atoms with Crippen molar-refractivity contribution in [2.45, 2.75) is 19.3 Å². The number of hydrogen-bond acceptors (Lipinski definition) is 2. The minimum absolute atomic E-state index is 0.243. The number of ether oxygens (including phenoxy) is 2. The minimum atomic E-state index is -0.243. The first-order valence-corrected chi connectivity index (χ1v) is 6.64. The molecule has 0 spiro atoms. The van der Waals surface area contributed by atoms with Crippen LogP contribution in [0.1, 0.15) is 30.5 Å². The highest BCUT2D eigenvalue weighted by atomic mass is 16.7. The van der Waals surface area contributed by atoms with Gasteiger partial charge in [0.1, 0.15) is 0 Å². The van der Waals surface area contributed by atoms with Crippen LogP contribution >= 0.6 is 0 Å². The molecule has 1 aliphatic rings. The van der Waals surface area contributed by atoms with Crippen molar-refractivity contribution in [1.82, 2.24) is 0 Å². The van der Waals surface area contributed by atoms with E-state index in [2.05, 4.69) is 48.0 Å². The molecule has 3 rings (SSSR count). The normalized spacial score (nSPS) is 17.5. The summed E-state index contributed by atoms with van der Waals surface area (Å²) in [6, 6.07) is 16.8. The van der Waals surface area contributed by atoms with Crippen LogP contribution in [0.4, 0.5) is 0 Å². The summed E-state index contributed by atoms with van der Waals surface area (Å²) in [5.41, 5.74) is 2.34. The van der Waals surface area contributed by atoms with Gasteiger partial charge in [-0.25, -0.2) is 0 Å². The maximum absolute atomic E-state index is 5.62. The number of nitrogens with zero attached hydrogens (tertiary/aromatic N) is 1. The Bertz CT molecular complexity index is 535. The van der Waals surface area contributed by atoms with Gasteiger partial charge in [0.05, 0.1) is 13.2 Å². The fourth-order valence-corrected chi connectivity index (χ4v) is 2.44. The van der Waals surface area contributed by atoms with E-state index < -0.39 is 0 Å². The highest BCUT2D eigenvalue weighted by Gasteiger charge is 2.29. The fourth-order valence-electron chi connectivity index (χ4n) is 2.44. The van der Waals surface area contributed by atoms with Crippen molar-refractivity contribution in [3.8, 4) is 0 Å². The lowest BCUT2D eigenvalue weighted by Crippen LogP contribution is -2.43. The number of rotatable bonds is 3. The summed E-state index contributed by atoms with van der Waals surface area (Å²) >= 11 is 0. The standard InChI is InChI=1S/C16H18NO2/c1-13(14-7-3-2-4-8-14)17-10-6-5-9-15(17)16-18-11-12-19-16/h2-10,13,16H,11-12H2,1H3/q+1. The van der Waals surface area contributed by atoms with Crippen molar-refractivity contribution in [2.75, 3.05) is 13.2 Å². The quantitative estimate of drug-likeness (QED) is 0.788. The molecule has 0 aliphatic carbocycles. The highest BCUT2D eigenvalue weighted by molar-refractivity contribution is 5.17. The maximum atomic E-state index is 5.62. The minimum Gasteiger partial charge on any atom is -0.341 e. The van der Waals surface area contributed by atoms with Gasteiger partial charge in [0, 0.05) is 24.6 Å². The van der Waals surface area contributed by atoms with E-state index in [1.165, 1.54) is 5.56 Å². The van der Waals surface area contributed by atoms with Crippen LogP contribution in [0.15, 0.2) is 54.7 Å². The SMILES string of the molecule is CC(c1ccccc1)[n+]1ccccc1C1OCCO1. The molecule has 1 saturated heterocycles. The summed E-state index contributed by atoms with van der Waals surface area (Å²) in [6.45, 7) is 3.52. The Kier molecular flexibility index (Phi) is 3.58. The van der Waals surface area contributed by atoms with Crippen molar-refractivity contribution in [3.05, 3.63) is 66.0 Å². The molecular formula is C16H18NO2+. The molecule has 1 aromatic heterocycles. The molecule has 3 heteroatoms. The Hall–Kier alpha value is -1.71. The third-order valence-electron chi connectivity index (χ3n) is 3.49. The molecule has 2 aromatic rings. The average molecular weight is 256 g/mol. The van der Waals surface area contributed by atoms with Gasteiger partial charge < -0.3 is 9.47 Å². The Morgan fingerprint density at radius 1 is 1.00 bits per heavy atom. The van der Waals surface area contributed by atoms with E-state index >= 15 is 0 Å². The third-order valence-corrected chi connectivity index (χ3v) is 3.49. The second-order valence-corrected chi connectivity index (χ2v) is 4.69.